The molecule has 9 heteroatoms. The number of hydrogen-bond donors (Lipinski definition) is 5. The Hall–Kier alpha value is -1.81. The predicted octanol–water partition coefficient (Wildman–Crippen LogP) is -1.95. The molecule has 20 heavy (non-hydrogen) atoms. The van der Waals surface area contributed by atoms with Gasteiger partial charge in [0.05, 0.1) is 31.7 Å². The minimum atomic E-state index is -1.27. The van der Waals surface area contributed by atoms with Crippen LogP contribution in [0.3, 0.4) is 0 Å². The number of hydrogen-bond acceptors (Lipinski definition) is 8. The summed E-state index contributed by atoms with van der Waals surface area (Å²) in [5, 5.41) is 37.4. The van der Waals surface area contributed by atoms with Crippen molar-refractivity contribution in [3.05, 3.63) is 12.7 Å². The first-order valence-corrected chi connectivity index (χ1v) is 6.09. The molecule has 6 N–H and O–H groups in total. The summed E-state index contributed by atoms with van der Waals surface area (Å²) in [5.74, 6) is 0.224. The fourth-order valence-corrected chi connectivity index (χ4v) is 1.97. The van der Waals surface area contributed by atoms with E-state index in [2.05, 4.69) is 15.0 Å². The summed E-state index contributed by atoms with van der Waals surface area (Å²) < 4.78 is 1.56. The molecule has 0 amide bonds. The van der Waals surface area contributed by atoms with Gasteiger partial charge in [-0.1, -0.05) is 0 Å². The number of aromatic nitrogens is 4. The highest BCUT2D eigenvalue weighted by atomic mass is 16.4. The Morgan fingerprint density at radius 1 is 1.10 bits per heavy atom. The Bertz CT molecular complexity index is 575. The van der Waals surface area contributed by atoms with Crippen LogP contribution >= 0.6 is 0 Å². The van der Waals surface area contributed by atoms with Gasteiger partial charge in [-0.2, -0.15) is 0 Å². The van der Waals surface area contributed by atoms with Gasteiger partial charge in [0.1, 0.15) is 17.9 Å². The van der Waals surface area contributed by atoms with Crippen molar-refractivity contribution in [2.45, 2.75) is 24.7 Å². The van der Waals surface area contributed by atoms with Crippen molar-refractivity contribution in [1.82, 2.24) is 19.5 Å². The summed E-state index contributed by atoms with van der Waals surface area (Å²) in [4.78, 5) is 11.9. The van der Waals surface area contributed by atoms with Crippen LogP contribution in [0.25, 0.3) is 11.2 Å². The number of aliphatic hydroxyl groups is 4. The van der Waals surface area contributed by atoms with Crippen LogP contribution in [-0.2, 0) is 0 Å². The number of nitrogens with zero attached hydrogens (tertiary/aromatic N) is 4. The van der Waals surface area contributed by atoms with Gasteiger partial charge in [-0.25, -0.2) is 15.0 Å². The number of nitrogens with two attached hydrogens (primary N) is 1. The molecule has 0 aromatic carbocycles. The van der Waals surface area contributed by atoms with Crippen LogP contribution in [0.1, 0.15) is 12.5 Å². The normalized spacial score (nSPS) is 16.2. The molecule has 0 spiro atoms. The lowest BCUT2D eigenvalue weighted by atomic mass is 10.1. The second kappa shape index (κ2) is 6.09. The number of fused-ring (bicyclic) bond motifs is 1. The smallest absolute Gasteiger partial charge is 0.165 e. The van der Waals surface area contributed by atoms with E-state index in [0.29, 0.717) is 11.2 Å². The highest BCUT2D eigenvalue weighted by Gasteiger charge is 2.23. The number of nitrogen functional groups attached to an aromatic ring is 1. The van der Waals surface area contributed by atoms with Crippen molar-refractivity contribution in [3.8, 4) is 0 Å². The van der Waals surface area contributed by atoms with Crippen molar-refractivity contribution >= 4 is 17.0 Å². The summed E-state index contributed by atoms with van der Waals surface area (Å²) in [6.45, 7) is -0.844. The molecule has 3 atom stereocenters. The number of anilines is 1. The zero-order valence-electron chi connectivity index (χ0n) is 10.7. The molecule has 0 saturated heterocycles. The molecule has 0 aliphatic carbocycles. The summed E-state index contributed by atoms with van der Waals surface area (Å²) >= 11 is 0. The summed E-state index contributed by atoms with van der Waals surface area (Å²) in [6, 6.07) is -0.550. The largest absolute Gasteiger partial charge is 0.394 e. The third-order valence-corrected chi connectivity index (χ3v) is 3.14. The quantitative estimate of drug-likeness (QED) is 0.410. The van der Waals surface area contributed by atoms with Gasteiger partial charge >= 0.3 is 0 Å². The molecule has 2 aromatic heterocycles. The van der Waals surface area contributed by atoms with E-state index in [0.717, 1.165) is 0 Å². The van der Waals surface area contributed by atoms with Crippen LogP contribution in [0.4, 0.5) is 5.82 Å². The molecule has 2 heterocycles. The number of aliphatic hydroxyl groups excluding tert-OH is 4. The van der Waals surface area contributed by atoms with Gasteiger partial charge in [-0.05, 0) is 6.42 Å². The molecular formula is C11H17N5O4. The molecular weight excluding hydrogens is 266 g/mol. The Balaban J connectivity index is 2.28. The highest BCUT2D eigenvalue weighted by molar-refractivity contribution is 5.81. The minimum Gasteiger partial charge on any atom is -0.394 e. The monoisotopic (exact) mass is 283 g/mol. The maximum absolute atomic E-state index is 9.73. The molecule has 110 valence electrons. The number of rotatable bonds is 6. The van der Waals surface area contributed by atoms with Crippen LogP contribution in [-0.4, -0.2) is 65.4 Å². The van der Waals surface area contributed by atoms with Crippen LogP contribution in [0.15, 0.2) is 12.7 Å². The third-order valence-electron chi connectivity index (χ3n) is 3.14. The summed E-state index contributed by atoms with van der Waals surface area (Å²) in [7, 11) is 0. The molecule has 0 aliphatic rings. The zero-order chi connectivity index (χ0) is 14.7. The van der Waals surface area contributed by atoms with E-state index in [9.17, 15) is 15.3 Å². The molecule has 2 rings (SSSR count). The van der Waals surface area contributed by atoms with E-state index in [1.807, 2.05) is 0 Å². The lowest BCUT2D eigenvalue weighted by molar-refractivity contribution is -0.0268. The van der Waals surface area contributed by atoms with Crippen molar-refractivity contribution in [2.75, 3.05) is 18.9 Å². The average Bonchev–Trinajstić information content (AvgIpc) is 2.89. The van der Waals surface area contributed by atoms with Gasteiger partial charge in [0, 0.05) is 0 Å². The van der Waals surface area contributed by atoms with Crippen molar-refractivity contribution < 1.29 is 20.4 Å². The second-order valence-corrected chi connectivity index (χ2v) is 4.47. The molecule has 0 aliphatic heterocycles. The molecule has 0 unspecified atom stereocenters. The van der Waals surface area contributed by atoms with Gasteiger partial charge in [-0.15, -0.1) is 0 Å². The third kappa shape index (κ3) is 2.70. The Morgan fingerprint density at radius 3 is 2.50 bits per heavy atom. The van der Waals surface area contributed by atoms with Crippen LogP contribution < -0.4 is 5.73 Å². The standard InChI is InChI=1S/C11H17N5O4/c12-10-9-11(14-4-13-10)16(5-15-9)6(2-17)1-7(19)8(20)3-18/h4-8,17-20H,1-3H2,(H2,12,13,14)/t6-,7-,8+/m0/s1. The van der Waals surface area contributed by atoms with Gasteiger partial charge < -0.3 is 30.7 Å². The maximum Gasteiger partial charge on any atom is 0.165 e. The maximum atomic E-state index is 9.73. The van der Waals surface area contributed by atoms with E-state index in [-0.39, 0.29) is 18.8 Å². The lowest BCUT2D eigenvalue weighted by Crippen LogP contribution is -2.32. The van der Waals surface area contributed by atoms with Gasteiger partial charge in [0.15, 0.2) is 11.5 Å². The SMILES string of the molecule is Nc1ncnc2c1ncn2[C@H](CO)C[C@H](O)[C@H](O)CO. The topological polar surface area (TPSA) is 151 Å². The van der Waals surface area contributed by atoms with E-state index in [1.165, 1.54) is 12.7 Å². The Labute approximate surface area is 114 Å². The highest BCUT2D eigenvalue weighted by Crippen LogP contribution is 2.22. The molecule has 0 bridgehead atoms. The first-order chi connectivity index (χ1) is 9.58. The van der Waals surface area contributed by atoms with E-state index < -0.39 is 24.9 Å². The Kier molecular flexibility index (Phi) is 4.45. The van der Waals surface area contributed by atoms with E-state index in [1.54, 1.807) is 4.57 Å². The van der Waals surface area contributed by atoms with Gasteiger partial charge in [-0.3, -0.25) is 0 Å². The number of imidazole rings is 1. The predicted molar refractivity (Wildman–Crippen MR) is 69.6 cm³/mol. The fraction of sp³-hybridized carbons (Fsp3) is 0.545. The van der Waals surface area contributed by atoms with Crippen LogP contribution in [0, 0.1) is 0 Å². The molecule has 0 saturated carbocycles. The average molecular weight is 283 g/mol. The van der Waals surface area contributed by atoms with Crippen LogP contribution in [0.5, 0.6) is 0 Å². The summed E-state index contributed by atoms with van der Waals surface area (Å²) in [6.07, 6.45) is 0.318. The Morgan fingerprint density at radius 2 is 1.85 bits per heavy atom. The lowest BCUT2D eigenvalue weighted by Gasteiger charge is -2.22. The van der Waals surface area contributed by atoms with Crippen LogP contribution in [0.2, 0.25) is 0 Å². The molecule has 0 fully saturated rings. The zero-order valence-corrected chi connectivity index (χ0v) is 10.7. The second-order valence-electron chi connectivity index (χ2n) is 4.47. The van der Waals surface area contributed by atoms with Crippen molar-refractivity contribution in [1.29, 1.82) is 0 Å². The first-order valence-electron chi connectivity index (χ1n) is 6.09. The molecule has 0 radical (unpaired) electrons. The first kappa shape index (κ1) is 14.6. The minimum absolute atomic E-state index is 0.0353. The van der Waals surface area contributed by atoms with E-state index in [4.69, 9.17) is 10.8 Å². The van der Waals surface area contributed by atoms with Gasteiger partial charge in [0.2, 0.25) is 0 Å². The van der Waals surface area contributed by atoms with Crippen molar-refractivity contribution in [2.24, 2.45) is 0 Å². The van der Waals surface area contributed by atoms with E-state index >= 15 is 0 Å². The molecule has 2 aromatic rings. The van der Waals surface area contributed by atoms with Crippen molar-refractivity contribution in [3.63, 3.8) is 0 Å². The fourth-order valence-electron chi connectivity index (χ4n) is 1.97. The summed E-state index contributed by atoms with van der Waals surface area (Å²) in [5.41, 5.74) is 6.51. The molecule has 9 nitrogen and oxygen atoms in total. The van der Waals surface area contributed by atoms with Gasteiger partial charge in [0.25, 0.3) is 0 Å².